The molecular weight excluding hydrogens is 411 g/mol. The Morgan fingerprint density at radius 1 is 1.25 bits per heavy atom. The van der Waals surface area contributed by atoms with Gasteiger partial charge in [0.15, 0.2) is 11.6 Å². The molecule has 160 valence electrons. The lowest BCUT2D eigenvalue weighted by atomic mass is 10.0. The second-order valence-electron chi connectivity index (χ2n) is 7.37. The molecule has 0 bridgehead atoms. The largest absolute Gasteiger partial charge is 0.436 e. The number of benzene rings is 1. The summed E-state index contributed by atoms with van der Waals surface area (Å²) in [5.41, 5.74) is 8.64. The SMILES string of the molecule is C=CC(=O)N1CCn2c1c(-c1ccc(Oc3cccc(C)n3)c(F)c1)c1c(N)ncnc12. The molecule has 8 nitrogen and oxygen atoms in total. The van der Waals surface area contributed by atoms with Crippen molar-refractivity contribution < 1.29 is 13.9 Å². The Labute approximate surface area is 182 Å². The zero-order valence-electron chi connectivity index (χ0n) is 17.2. The molecule has 9 heteroatoms. The predicted molar refractivity (Wildman–Crippen MR) is 119 cm³/mol. The number of fused-ring (bicyclic) bond motifs is 3. The number of halogens is 1. The Bertz CT molecular complexity index is 1400. The van der Waals surface area contributed by atoms with Crippen molar-refractivity contribution in [2.45, 2.75) is 13.5 Å². The van der Waals surface area contributed by atoms with Gasteiger partial charge in [0.2, 0.25) is 5.88 Å². The number of hydrogen-bond acceptors (Lipinski definition) is 6. The molecular formula is C23H19FN6O2. The number of nitrogens with zero attached hydrogens (tertiary/aromatic N) is 5. The average molecular weight is 430 g/mol. The maximum atomic E-state index is 15.1. The Kier molecular flexibility index (Phi) is 4.58. The number of aromatic nitrogens is 4. The first-order valence-corrected chi connectivity index (χ1v) is 9.96. The quantitative estimate of drug-likeness (QED) is 0.494. The molecule has 1 amide bonds. The van der Waals surface area contributed by atoms with Crippen LogP contribution in [0.4, 0.5) is 16.0 Å². The van der Waals surface area contributed by atoms with Crippen molar-refractivity contribution in [3.05, 3.63) is 66.9 Å². The number of nitrogen functional groups attached to an aromatic ring is 1. The summed E-state index contributed by atoms with van der Waals surface area (Å²) in [6.07, 6.45) is 2.62. The van der Waals surface area contributed by atoms with Crippen molar-refractivity contribution >= 4 is 28.6 Å². The normalized spacial score (nSPS) is 12.8. The van der Waals surface area contributed by atoms with Crippen LogP contribution in [0.3, 0.4) is 0 Å². The van der Waals surface area contributed by atoms with Crippen LogP contribution >= 0.6 is 0 Å². The number of ether oxygens (including phenoxy) is 1. The van der Waals surface area contributed by atoms with Gasteiger partial charge in [-0.25, -0.2) is 19.3 Å². The summed E-state index contributed by atoms with van der Waals surface area (Å²) in [4.78, 5) is 26.8. The molecule has 0 atom stereocenters. The van der Waals surface area contributed by atoms with E-state index in [-0.39, 0.29) is 17.5 Å². The summed E-state index contributed by atoms with van der Waals surface area (Å²) in [7, 11) is 0. The smallest absolute Gasteiger partial charge is 0.251 e. The van der Waals surface area contributed by atoms with E-state index in [4.69, 9.17) is 10.5 Å². The molecule has 1 aromatic carbocycles. The standard InChI is InChI=1S/C23H19FN6O2/c1-3-18(31)29-9-10-30-22-20(21(25)26-12-27-22)19(23(29)30)14-7-8-16(15(24)11-14)32-17-6-4-5-13(2)28-17/h3-8,11-12H,1,9-10H2,2H3,(H2,25,26,27). The molecule has 4 heterocycles. The molecule has 0 saturated carbocycles. The number of aryl methyl sites for hydroxylation is 1. The van der Waals surface area contributed by atoms with Crippen LogP contribution < -0.4 is 15.4 Å². The summed E-state index contributed by atoms with van der Waals surface area (Å²) >= 11 is 0. The van der Waals surface area contributed by atoms with Gasteiger partial charge in [-0.3, -0.25) is 9.69 Å². The molecule has 0 unspecified atom stereocenters. The topological polar surface area (TPSA) is 99.2 Å². The fourth-order valence-corrected chi connectivity index (χ4v) is 4.00. The summed E-state index contributed by atoms with van der Waals surface area (Å²) in [6, 6.07) is 9.86. The van der Waals surface area contributed by atoms with Crippen molar-refractivity contribution in [2.75, 3.05) is 17.2 Å². The predicted octanol–water partition coefficient (Wildman–Crippen LogP) is 3.85. The van der Waals surface area contributed by atoms with Gasteiger partial charge >= 0.3 is 0 Å². The summed E-state index contributed by atoms with van der Waals surface area (Å²) in [5, 5.41) is 0.567. The Balaban J connectivity index is 1.66. The van der Waals surface area contributed by atoms with Crippen molar-refractivity contribution in [3.63, 3.8) is 0 Å². The number of carbonyl (C=O) groups is 1. The number of anilines is 2. The van der Waals surface area contributed by atoms with Crippen LogP contribution in [0, 0.1) is 12.7 Å². The highest BCUT2D eigenvalue weighted by atomic mass is 19.1. The van der Waals surface area contributed by atoms with Crippen LogP contribution in [0.15, 0.2) is 55.4 Å². The zero-order chi connectivity index (χ0) is 22.4. The van der Waals surface area contributed by atoms with Gasteiger partial charge in [0, 0.05) is 30.4 Å². The summed E-state index contributed by atoms with van der Waals surface area (Å²) in [5.74, 6) is 0.342. The highest BCUT2D eigenvalue weighted by molar-refractivity contribution is 6.12. The first-order chi connectivity index (χ1) is 15.5. The van der Waals surface area contributed by atoms with Crippen molar-refractivity contribution in [3.8, 4) is 22.8 Å². The average Bonchev–Trinajstić information content (AvgIpc) is 3.34. The summed E-state index contributed by atoms with van der Waals surface area (Å²) in [6.45, 7) is 6.40. The van der Waals surface area contributed by atoms with Gasteiger partial charge in [-0.05, 0) is 36.8 Å². The third-order valence-electron chi connectivity index (χ3n) is 5.38. The van der Waals surface area contributed by atoms with Crippen molar-refractivity contribution in [2.24, 2.45) is 0 Å². The van der Waals surface area contributed by atoms with Gasteiger partial charge in [-0.2, -0.15) is 0 Å². The lowest BCUT2D eigenvalue weighted by Gasteiger charge is -2.16. The first-order valence-electron chi connectivity index (χ1n) is 9.96. The Hall–Kier alpha value is -4.27. The van der Waals surface area contributed by atoms with Gasteiger partial charge < -0.3 is 15.0 Å². The van der Waals surface area contributed by atoms with Crippen LogP contribution in [0.25, 0.3) is 22.2 Å². The highest BCUT2D eigenvalue weighted by Crippen LogP contribution is 2.45. The minimum Gasteiger partial charge on any atom is -0.436 e. The van der Waals surface area contributed by atoms with E-state index in [2.05, 4.69) is 21.5 Å². The van der Waals surface area contributed by atoms with Crippen molar-refractivity contribution in [1.29, 1.82) is 0 Å². The number of carbonyl (C=O) groups excluding carboxylic acids is 1. The fraction of sp³-hybridized carbons (Fsp3) is 0.130. The van der Waals surface area contributed by atoms with Gasteiger partial charge in [-0.1, -0.05) is 18.7 Å². The van der Waals surface area contributed by atoms with Gasteiger partial charge in [0.1, 0.15) is 23.6 Å². The van der Waals surface area contributed by atoms with E-state index in [1.54, 1.807) is 23.1 Å². The van der Waals surface area contributed by atoms with Crippen molar-refractivity contribution in [1.82, 2.24) is 19.5 Å². The van der Waals surface area contributed by atoms with E-state index in [0.29, 0.717) is 46.9 Å². The van der Waals surface area contributed by atoms with Crippen LogP contribution in [0.2, 0.25) is 0 Å². The molecule has 4 aromatic rings. The van der Waals surface area contributed by atoms with Crippen LogP contribution in [0.5, 0.6) is 11.6 Å². The minimum atomic E-state index is -0.575. The lowest BCUT2D eigenvalue weighted by molar-refractivity contribution is -0.114. The summed E-state index contributed by atoms with van der Waals surface area (Å²) < 4.78 is 22.6. The van der Waals surface area contributed by atoms with E-state index in [1.165, 1.54) is 24.5 Å². The second-order valence-corrected chi connectivity index (χ2v) is 7.37. The molecule has 1 aliphatic rings. The molecule has 0 spiro atoms. The minimum absolute atomic E-state index is 0.0373. The molecule has 1 aliphatic heterocycles. The number of rotatable bonds is 4. The molecule has 2 N–H and O–H groups in total. The van der Waals surface area contributed by atoms with E-state index in [9.17, 15) is 4.79 Å². The van der Waals surface area contributed by atoms with Crippen LogP contribution in [-0.4, -0.2) is 32.0 Å². The zero-order valence-corrected chi connectivity index (χ0v) is 17.2. The third-order valence-corrected chi connectivity index (χ3v) is 5.38. The molecule has 5 rings (SSSR count). The number of nitrogens with two attached hydrogens (primary N) is 1. The maximum Gasteiger partial charge on any atom is 0.251 e. The van der Waals surface area contributed by atoms with Gasteiger partial charge in [-0.15, -0.1) is 0 Å². The third kappa shape index (κ3) is 3.06. The Morgan fingerprint density at radius 2 is 2.09 bits per heavy atom. The van der Waals surface area contributed by atoms with Crippen LogP contribution in [0.1, 0.15) is 5.69 Å². The van der Waals surface area contributed by atoms with E-state index >= 15 is 4.39 Å². The molecule has 0 saturated heterocycles. The van der Waals surface area contributed by atoms with E-state index in [1.807, 2.05) is 17.6 Å². The van der Waals surface area contributed by atoms with E-state index < -0.39 is 5.82 Å². The first kappa shape index (κ1) is 19.7. The molecule has 0 aliphatic carbocycles. The molecule has 0 fully saturated rings. The highest BCUT2D eigenvalue weighted by Gasteiger charge is 2.32. The van der Waals surface area contributed by atoms with Gasteiger partial charge in [0.25, 0.3) is 5.91 Å². The van der Waals surface area contributed by atoms with Gasteiger partial charge in [0.05, 0.1) is 5.39 Å². The Morgan fingerprint density at radius 3 is 2.84 bits per heavy atom. The maximum absolute atomic E-state index is 15.1. The molecule has 3 aromatic heterocycles. The molecule has 0 radical (unpaired) electrons. The lowest BCUT2D eigenvalue weighted by Crippen LogP contribution is -2.27. The van der Waals surface area contributed by atoms with Crippen LogP contribution in [-0.2, 0) is 11.3 Å². The van der Waals surface area contributed by atoms with E-state index in [0.717, 1.165) is 5.69 Å². The second kappa shape index (κ2) is 7.45. The number of hydrogen-bond donors (Lipinski definition) is 1. The fourth-order valence-electron chi connectivity index (χ4n) is 4.00. The number of pyridine rings is 1. The number of amides is 1. The monoisotopic (exact) mass is 430 g/mol. The molecule has 32 heavy (non-hydrogen) atoms.